The van der Waals surface area contributed by atoms with E-state index in [1.807, 2.05) is 36.0 Å². The SMILES string of the molecule is CCSCCOc1ccc2c(OC)cc(-c3nc4ncncc4[nH]3)cc2c1. The minimum Gasteiger partial charge on any atom is -0.496 e. The maximum atomic E-state index is 5.88. The Morgan fingerprint density at radius 2 is 2.11 bits per heavy atom. The van der Waals surface area contributed by atoms with Crippen LogP contribution in [0.25, 0.3) is 33.3 Å². The van der Waals surface area contributed by atoms with Crippen LogP contribution in [0.15, 0.2) is 42.9 Å². The Hall–Kier alpha value is -2.80. The van der Waals surface area contributed by atoms with Crippen LogP contribution in [0.2, 0.25) is 0 Å². The molecule has 7 heteroatoms. The van der Waals surface area contributed by atoms with Crippen LogP contribution in [-0.4, -0.2) is 45.2 Å². The van der Waals surface area contributed by atoms with Crippen molar-refractivity contribution in [1.29, 1.82) is 0 Å². The summed E-state index contributed by atoms with van der Waals surface area (Å²) >= 11 is 1.87. The fourth-order valence-corrected chi connectivity index (χ4v) is 3.46. The zero-order chi connectivity index (χ0) is 18.6. The molecule has 1 N–H and O–H groups in total. The molecule has 2 aromatic heterocycles. The van der Waals surface area contributed by atoms with Crippen LogP contribution >= 0.6 is 11.8 Å². The molecule has 2 aromatic carbocycles. The first-order valence-electron chi connectivity index (χ1n) is 8.77. The van der Waals surface area contributed by atoms with Crippen molar-refractivity contribution in [2.24, 2.45) is 0 Å². The van der Waals surface area contributed by atoms with Crippen LogP contribution in [0.3, 0.4) is 0 Å². The van der Waals surface area contributed by atoms with E-state index in [1.54, 1.807) is 13.3 Å². The topological polar surface area (TPSA) is 72.9 Å². The number of benzene rings is 2. The number of aromatic amines is 1. The number of nitrogens with zero attached hydrogens (tertiary/aromatic N) is 3. The summed E-state index contributed by atoms with van der Waals surface area (Å²) in [6.45, 7) is 2.85. The summed E-state index contributed by atoms with van der Waals surface area (Å²) < 4.78 is 11.5. The molecule has 0 aliphatic rings. The first-order valence-corrected chi connectivity index (χ1v) is 9.92. The largest absolute Gasteiger partial charge is 0.496 e. The molecule has 0 spiro atoms. The number of ether oxygens (including phenoxy) is 2. The Bertz CT molecular complexity index is 1050. The van der Waals surface area contributed by atoms with Crippen molar-refractivity contribution in [3.05, 3.63) is 42.9 Å². The van der Waals surface area contributed by atoms with E-state index in [0.717, 1.165) is 50.7 Å². The van der Waals surface area contributed by atoms with Gasteiger partial charge in [-0.1, -0.05) is 6.92 Å². The minimum absolute atomic E-state index is 0.643. The van der Waals surface area contributed by atoms with Gasteiger partial charge in [0.2, 0.25) is 0 Å². The van der Waals surface area contributed by atoms with E-state index in [-0.39, 0.29) is 0 Å². The van der Waals surface area contributed by atoms with E-state index in [9.17, 15) is 0 Å². The number of H-pyrrole nitrogens is 1. The van der Waals surface area contributed by atoms with Crippen LogP contribution in [-0.2, 0) is 0 Å². The minimum atomic E-state index is 0.643. The molecule has 2 heterocycles. The van der Waals surface area contributed by atoms with Crippen LogP contribution in [0.4, 0.5) is 0 Å². The average Bonchev–Trinajstić information content (AvgIpc) is 3.14. The third-order valence-electron chi connectivity index (χ3n) is 4.24. The summed E-state index contributed by atoms with van der Waals surface area (Å²) in [4.78, 5) is 16.0. The van der Waals surface area contributed by atoms with Gasteiger partial charge in [0, 0.05) is 16.7 Å². The lowest BCUT2D eigenvalue weighted by Crippen LogP contribution is -2.00. The van der Waals surface area contributed by atoms with Crippen molar-refractivity contribution >= 4 is 33.7 Å². The zero-order valence-electron chi connectivity index (χ0n) is 15.2. The summed E-state index contributed by atoms with van der Waals surface area (Å²) in [5.74, 6) is 4.47. The van der Waals surface area contributed by atoms with Gasteiger partial charge in [-0.15, -0.1) is 0 Å². The third-order valence-corrected chi connectivity index (χ3v) is 5.11. The molecule has 4 aromatic rings. The number of hydrogen-bond acceptors (Lipinski definition) is 6. The average molecular weight is 380 g/mol. The number of imidazole rings is 1. The van der Waals surface area contributed by atoms with Crippen molar-refractivity contribution < 1.29 is 9.47 Å². The molecule has 0 aliphatic heterocycles. The first kappa shape index (κ1) is 17.6. The second-order valence-electron chi connectivity index (χ2n) is 5.95. The van der Waals surface area contributed by atoms with Gasteiger partial charge in [0.15, 0.2) is 5.65 Å². The lowest BCUT2D eigenvalue weighted by atomic mass is 10.0. The monoisotopic (exact) mass is 380 g/mol. The predicted molar refractivity (Wildman–Crippen MR) is 110 cm³/mol. The first-order chi connectivity index (χ1) is 13.3. The van der Waals surface area contributed by atoms with Crippen LogP contribution in [0, 0.1) is 0 Å². The van der Waals surface area contributed by atoms with Gasteiger partial charge in [-0.25, -0.2) is 15.0 Å². The standard InChI is InChI=1S/C20H20N4O2S/c1-3-27-7-6-26-15-4-5-16-13(9-15)8-14(10-18(16)25-2)19-23-17-11-21-12-22-20(17)24-19/h4-5,8-12H,3,6-7H2,1-2H3,(H,21,22,23,24). The number of hydrogen-bond donors (Lipinski definition) is 1. The molecule has 4 rings (SSSR count). The van der Waals surface area contributed by atoms with Gasteiger partial charge in [-0.05, 0) is 41.5 Å². The molecule has 0 unspecified atom stereocenters. The second-order valence-corrected chi connectivity index (χ2v) is 7.35. The number of rotatable bonds is 7. The molecular weight excluding hydrogens is 360 g/mol. The van der Waals surface area contributed by atoms with Gasteiger partial charge < -0.3 is 14.5 Å². The van der Waals surface area contributed by atoms with E-state index < -0.39 is 0 Å². The second kappa shape index (κ2) is 7.84. The Morgan fingerprint density at radius 3 is 2.93 bits per heavy atom. The highest BCUT2D eigenvalue weighted by Gasteiger charge is 2.11. The lowest BCUT2D eigenvalue weighted by Gasteiger charge is -2.11. The van der Waals surface area contributed by atoms with Crippen molar-refractivity contribution in [3.8, 4) is 22.9 Å². The van der Waals surface area contributed by atoms with Crippen molar-refractivity contribution in [2.45, 2.75) is 6.92 Å². The molecule has 0 aliphatic carbocycles. The molecule has 0 atom stereocenters. The molecule has 0 amide bonds. The van der Waals surface area contributed by atoms with Gasteiger partial charge in [0.1, 0.15) is 29.2 Å². The number of nitrogens with one attached hydrogen (secondary N) is 1. The quantitative estimate of drug-likeness (QED) is 0.482. The number of aromatic nitrogens is 4. The number of methoxy groups -OCH3 is 1. The van der Waals surface area contributed by atoms with Gasteiger partial charge in [0.25, 0.3) is 0 Å². The summed E-state index contributed by atoms with van der Waals surface area (Å²) in [7, 11) is 1.68. The van der Waals surface area contributed by atoms with Gasteiger partial charge in [-0.2, -0.15) is 11.8 Å². The molecule has 27 heavy (non-hydrogen) atoms. The Morgan fingerprint density at radius 1 is 1.19 bits per heavy atom. The van der Waals surface area contributed by atoms with E-state index >= 15 is 0 Å². The van der Waals surface area contributed by atoms with Crippen molar-refractivity contribution in [3.63, 3.8) is 0 Å². The summed E-state index contributed by atoms with van der Waals surface area (Å²) in [6.07, 6.45) is 3.21. The highest BCUT2D eigenvalue weighted by Crippen LogP contribution is 2.34. The summed E-state index contributed by atoms with van der Waals surface area (Å²) in [5.41, 5.74) is 2.37. The molecule has 0 saturated carbocycles. The molecule has 0 saturated heterocycles. The Balaban J connectivity index is 1.72. The van der Waals surface area contributed by atoms with Crippen molar-refractivity contribution in [1.82, 2.24) is 19.9 Å². The fourth-order valence-electron chi connectivity index (χ4n) is 2.97. The van der Waals surface area contributed by atoms with Crippen molar-refractivity contribution in [2.75, 3.05) is 25.2 Å². The number of thioether (sulfide) groups is 1. The van der Waals surface area contributed by atoms with E-state index in [2.05, 4.69) is 32.9 Å². The third kappa shape index (κ3) is 3.68. The highest BCUT2D eigenvalue weighted by molar-refractivity contribution is 7.99. The normalized spacial score (nSPS) is 11.2. The molecule has 0 radical (unpaired) electrons. The molecular formula is C20H20N4O2S. The van der Waals surface area contributed by atoms with Crippen LogP contribution < -0.4 is 9.47 Å². The van der Waals surface area contributed by atoms with Crippen LogP contribution in [0.5, 0.6) is 11.5 Å². The van der Waals surface area contributed by atoms with Gasteiger partial charge in [-0.3, -0.25) is 0 Å². The summed E-state index contributed by atoms with van der Waals surface area (Å²) in [5, 5.41) is 2.07. The van der Waals surface area contributed by atoms with Crippen LogP contribution in [0.1, 0.15) is 6.92 Å². The molecule has 138 valence electrons. The maximum absolute atomic E-state index is 5.88. The molecule has 6 nitrogen and oxygen atoms in total. The molecule has 0 fully saturated rings. The zero-order valence-corrected chi connectivity index (χ0v) is 16.0. The predicted octanol–water partition coefficient (Wildman–Crippen LogP) is 4.31. The van der Waals surface area contributed by atoms with Gasteiger partial charge >= 0.3 is 0 Å². The Kier molecular flexibility index (Phi) is 5.11. The molecule has 0 bridgehead atoms. The Labute approximate surface area is 161 Å². The number of fused-ring (bicyclic) bond motifs is 2. The fraction of sp³-hybridized carbons (Fsp3) is 0.250. The van der Waals surface area contributed by atoms with E-state index in [0.29, 0.717) is 12.3 Å². The summed E-state index contributed by atoms with van der Waals surface area (Å²) in [6, 6.07) is 10.1. The van der Waals surface area contributed by atoms with E-state index in [1.165, 1.54) is 6.33 Å². The smallest absolute Gasteiger partial charge is 0.181 e. The highest BCUT2D eigenvalue weighted by atomic mass is 32.2. The lowest BCUT2D eigenvalue weighted by molar-refractivity contribution is 0.344. The van der Waals surface area contributed by atoms with E-state index in [4.69, 9.17) is 9.47 Å². The maximum Gasteiger partial charge on any atom is 0.181 e. The van der Waals surface area contributed by atoms with Gasteiger partial charge in [0.05, 0.1) is 19.9 Å².